The van der Waals surface area contributed by atoms with Crippen LogP contribution in [0.3, 0.4) is 0 Å². The molecule has 0 heterocycles. The number of carboxylic acid groups (broad SMARTS) is 1. The van der Waals surface area contributed by atoms with Crippen LogP contribution in [0.5, 0.6) is 0 Å². The number of hydrogen-bond donors (Lipinski definition) is 1. The molecule has 0 saturated heterocycles. The molecule has 16 heavy (non-hydrogen) atoms. The lowest BCUT2D eigenvalue weighted by atomic mass is 10.3. The fraction of sp³-hybridized carbons (Fsp3) is 0.727. The third-order valence-corrected chi connectivity index (χ3v) is 1.01. The van der Waals surface area contributed by atoms with Crippen molar-refractivity contribution in [3.8, 4) is 0 Å². The molecule has 0 atom stereocenters. The Morgan fingerprint density at radius 2 is 1.81 bits per heavy atom. The van der Waals surface area contributed by atoms with E-state index in [1.54, 1.807) is 0 Å². The molecule has 0 aromatic heterocycles. The molecule has 0 aliphatic rings. The summed E-state index contributed by atoms with van der Waals surface area (Å²) in [6, 6.07) is 0. The topological polar surface area (TPSA) is 69.6 Å². The van der Waals surface area contributed by atoms with Crippen LogP contribution in [0.15, 0.2) is 12.2 Å². The summed E-state index contributed by atoms with van der Waals surface area (Å²) in [5.74, 6) is -1.30. The zero-order chi connectivity index (χ0) is 13.2. The van der Waals surface area contributed by atoms with Crippen molar-refractivity contribution in [2.24, 2.45) is 0 Å². The molecule has 5 heteroatoms. The molecule has 0 rings (SSSR count). The van der Waals surface area contributed by atoms with Crippen molar-refractivity contribution < 1.29 is 24.2 Å². The van der Waals surface area contributed by atoms with Gasteiger partial charge in [0, 0.05) is 13.2 Å². The summed E-state index contributed by atoms with van der Waals surface area (Å²) >= 11 is 0. The maximum atomic E-state index is 10.0. The third-order valence-electron chi connectivity index (χ3n) is 1.01. The molecule has 5 nitrogen and oxygen atoms in total. The number of rotatable bonds is 6. The molecule has 0 saturated carbocycles. The summed E-state index contributed by atoms with van der Waals surface area (Å²) < 4.78 is 5.82. The van der Waals surface area contributed by atoms with Crippen LogP contribution in [0, 0.1) is 0 Å². The van der Waals surface area contributed by atoms with E-state index in [1.807, 2.05) is 0 Å². The largest absolute Gasteiger partial charge is 0.545 e. The highest BCUT2D eigenvalue weighted by atomic mass is 16.5. The molecular formula is C11H23NO4. The predicted molar refractivity (Wildman–Crippen MR) is 60.6 cm³/mol. The van der Waals surface area contributed by atoms with Gasteiger partial charge in [-0.1, -0.05) is 6.58 Å². The zero-order valence-electron chi connectivity index (χ0n) is 10.7. The highest BCUT2D eigenvalue weighted by Gasteiger charge is 1.93. The lowest BCUT2D eigenvalue weighted by Gasteiger charge is -2.14. The van der Waals surface area contributed by atoms with Gasteiger partial charge in [0.2, 0.25) is 0 Å². The summed E-state index contributed by atoms with van der Waals surface area (Å²) in [4.78, 5) is 10.0. The molecule has 0 aliphatic heterocycles. The smallest absolute Gasteiger partial charge is 0.0728 e. The fourth-order valence-electron chi connectivity index (χ4n) is 0.421. The van der Waals surface area contributed by atoms with Gasteiger partial charge >= 0.3 is 0 Å². The van der Waals surface area contributed by atoms with Gasteiger partial charge in [0.25, 0.3) is 0 Å². The van der Waals surface area contributed by atoms with Crippen LogP contribution in [-0.2, 0) is 9.53 Å². The molecule has 0 radical (unpaired) electrons. The molecule has 0 aromatic rings. The lowest BCUT2D eigenvalue weighted by molar-refractivity contribution is -0.849. The Hall–Kier alpha value is -0.910. The average Bonchev–Trinajstić information content (AvgIpc) is 2.09. The molecule has 0 amide bonds. The van der Waals surface area contributed by atoms with Crippen molar-refractivity contribution in [2.45, 2.75) is 6.42 Å². The number of quaternary nitrogens is 1. The molecule has 0 unspecified atom stereocenters. The second-order valence-electron chi connectivity index (χ2n) is 4.70. The van der Waals surface area contributed by atoms with Gasteiger partial charge in [0.05, 0.1) is 40.8 Å². The van der Waals surface area contributed by atoms with E-state index < -0.39 is 5.97 Å². The van der Waals surface area contributed by atoms with Crippen LogP contribution in [0.25, 0.3) is 0 Å². The number of carbonyl (C=O) groups excluding carboxylic acids is 1. The van der Waals surface area contributed by atoms with Crippen molar-refractivity contribution in [2.75, 3.05) is 48.0 Å². The van der Waals surface area contributed by atoms with Gasteiger partial charge in [-0.15, -0.1) is 0 Å². The van der Waals surface area contributed by atoms with Gasteiger partial charge in [0.15, 0.2) is 0 Å². The van der Waals surface area contributed by atoms with Crippen LogP contribution in [0.4, 0.5) is 0 Å². The number of aliphatic hydroxyl groups is 1. The molecule has 0 spiro atoms. The van der Waals surface area contributed by atoms with Crippen molar-refractivity contribution in [1.29, 1.82) is 0 Å². The highest BCUT2D eigenvalue weighted by Crippen LogP contribution is 1.90. The Morgan fingerprint density at radius 3 is 2.12 bits per heavy atom. The number of ether oxygens (including phenoxy) is 1. The van der Waals surface area contributed by atoms with E-state index in [0.29, 0.717) is 13.0 Å². The first-order chi connectivity index (χ1) is 7.18. The van der Waals surface area contributed by atoms with Crippen molar-refractivity contribution >= 4 is 5.97 Å². The van der Waals surface area contributed by atoms with Gasteiger partial charge in [-0.25, -0.2) is 0 Å². The Balaban J connectivity index is 0. The molecule has 1 N–H and O–H groups in total. The minimum atomic E-state index is -1.30. The van der Waals surface area contributed by atoms with Gasteiger partial charge in [-0.3, -0.25) is 0 Å². The van der Waals surface area contributed by atoms with E-state index in [4.69, 9.17) is 9.84 Å². The maximum Gasteiger partial charge on any atom is 0.0728 e. The van der Waals surface area contributed by atoms with Crippen LogP contribution in [-0.4, -0.2) is 63.6 Å². The van der Waals surface area contributed by atoms with E-state index >= 15 is 0 Å². The predicted octanol–water partition coefficient (Wildman–Crippen LogP) is -0.986. The first-order valence-electron chi connectivity index (χ1n) is 5.05. The first-order valence-corrected chi connectivity index (χ1v) is 5.05. The summed E-state index contributed by atoms with van der Waals surface area (Å²) in [5, 5.41) is 18.3. The van der Waals surface area contributed by atoms with E-state index in [9.17, 15) is 9.90 Å². The Morgan fingerprint density at radius 1 is 1.38 bits per heavy atom. The molecular weight excluding hydrogens is 210 g/mol. The minimum Gasteiger partial charge on any atom is -0.545 e. The average molecular weight is 233 g/mol. The zero-order valence-corrected chi connectivity index (χ0v) is 10.7. The number of carboxylic acids is 1. The second-order valence-corrected chi connectivity index (χ2v) is 4.70. The standard InChI is InChI=1S/C7H12O4.C4H12N/c1-6(7(9)10)5-11-4-2-3-8;1-5(2,3)4/h8H,1-5H2,(H,9,10);1-4H3/q;+1/p-1. The van der Waals surface area contributed by atoms with Crippen molar-refractivity contribution in [3.63, 3.8) is 0 Å². The van der Waals surface area contributed by atoms with E-state index in [2.05, 4.69) is 34.8 Å². The molecule has 0 aliphatic carbocycles. The number of aliphatic hydroxyl groups excluding tert-OH is 1. The van der Waals surface area contributed by atoms with Gasteiger partial charge in [-0.05, 0) is 12.0 Å². The molecule has 96 valence electrons. The summed E-state index contributed by atoms with van der Waals surface area (Å²) in [7, 11) is 8.50. The Bertz CT molecular complexity index is 203. The van der Waals surface area contributed by atoms with Crippen LogP contribution < -0.4 is 5.11 Å². The molecule has 0 aromatic carbocycles. The minimum absolute atomic E-state index is 0.0394. The van der Waals surface area contributed by atoms with Gasteiger partial charge in [-0.2, -0.15) is 0 Å². The van der Waals surface area contributed by atoms with E-state index in [1.165, 1.54) is 0 Å². The molecule has 0 bridgehead atoms. The quantitative estimate of drug-likeness (QED) is 0.363. The SMILES string of the molecule is C=C(COCCCO)C(=O)[O-].C[N+](C)(C)C. The normalized spacial score (nSPS) is 10.3. The van der Waals surface area contributed by atoms with Crippen LogP contribution in [0.2, 0.25) is 0 Å². The van der Waals surface area contributed by atoms with Crippen LogP contribution >= 0.6 is 0 Å². The Labute approximate surface area is 97.5 Å². The third kappa shape index (κ3) is 23.2. The van der Waals surface area contributed by atoms with Crippen molar-refractivity contribution in [1.82, 2.24) is 0 Å². The summed E-state index contributed by atoms with van der Waals surface area (Å²) in [6.45, 7) is 3.54. The monoisotopic (exact) mass is 233 g/mol. The van der Waals surface area contributed by atoms with Crippen molar-refractivity contribution in [3.05, 3.63) is 12.2 Å². The summed E-state index contributed by atoms with van der Waals surface area (Å²) in [6.07, 6.45) is 0.500. The van der Waals surface area contributed by atoms with E-state index in [0.717, 1.165) is 4.48 Å². The van der Waals surface area contributed by atoms with Crippen LogP contribution in [0.1, 0.15) is 6.42 Å². The number of nitrogens with zero attached hydrogens (tertiary/aromatic N) is 1. The van der Waals surface area contributed by atoms with Gasteiger partial charge < -0.3 is 24.2 Å². The lowest BCUT2D eigenvalue weighted by Crippen LogP contribution is -2.27. The van der Waals surface area contributed by atoms with E-state index in [-0.39, 0.29) is 18.8 Å². The second kappa shape index (κ2) is 9.33. The maximum absolute atomic E-state index is 10.0. The molecule has 0 fully saturated rings. The fourth-order valence-corrected chi connectivity index (χ4v) is 0.421. The first kappa shape index (κ1) is 17.5. The Kier molecular flexibility index (Phi) is 10.2. The number of carbonyl (C=O) groups is 1. The highest BCUT2D eigenvalue weighted by molar-refractivity contribution is 5.84. The number of aliphatic carboxylic acids is 1. The summed E-state index contributed by atoms with van der Waals surface area (Å²) in [5.41, 5.74) is -0.0806. The van der Waals surface area contributed by atoms with Gasteiger partial charge in [0.1, 0.15) is 0 Å². The number of hydrogen-bond acceptors (Lipinski definition) is 4.